The molecule has 128 valence electrons. The van der Waals surface area contributed by atoms with E-state index in [1.807, 2.05) is 19.1 Å². The van der Waals surface area contributed by atoms with Gasteiger partial charge in [0.1, 0.15) is 5.71 Å². The van der Waals surface area contributed by atoms with Gasteiger partial charge in [-0.2, -0.15) is 5.10 Å². The molecule has 0 atom stereocenters. The highest BCUT2D eigenvalue weighted by atomic mass is 79.9. The van der Waals surface area contributed by atoms with E-state index in [0.717, 1.165) is 10.0 Å². The first-order valence-electron chi connectivity index (χ1n) is 7.68. The molecule has 1 heterocycles. The third kappa shape index (κ3) is 3.91. The quantitative estimate of drug-likeness (QED) is 0.793. The summed E-state index contributed by atoms with van der Waals surface area (Å²) < 4.78 is 0.902. The molecule has 5 nitrogen and oxygen atoms in total. The van der Waals surface area contributed by atoms with Crippen molar-refractivity contribution in [2.24, 2.45) is 5.10 Å². The Hall–Kier alpha value is -2.18. The van der Waals surface area contributed by atoms with Crippen molar-refractivity contribution in [1.82, 2.24) is 0 Å². The Morgan fingerprint density at radius 2 is 1.92 bits per heavy atom. The normalized spacial score (nSPS) is 14.3. The van der Waals surface area contributed by atoms with Crippen LogP contribution in [0.1, 0.15) is 18.4 Å². The van der Waals surface area contributed by atoms with Crippen LogP contribution in [0.25, 0.3) is 0 Å². The number of benzene rings is 2. The summed E-state index contributed by atoms with van der Waals surface area (Å²) in [5.74, 6) is -0.474. The molecule has 25 heavy (non-hydrogen) atoms. The van der Waals surface area contributed by atoms with Crippen LogP contribution in [0.5, 0.6) is 0 Å². The van der Waals surface area contributed by atoms with Gasteiger partial charge in [-0.1, -0.05) is 33.6 Å². The second-order valence-corrected chi connectivity index (χ2v) is 6.92. The van der Waals surface area contributed by atoms with Crippen LogP contribution in [0.15, 0.2) is 52.0 Å². The van der Waals surface area contributed by atoms with Crippen LogP contribution in [0.3, 0.4) is 0 Å². The Kier molecular flexibility index (Phi) is 5.20. The van der Waals surface area contributed by atoms with Crippen molar-refractivity contribution in [3.63, 3.8) is 0 Å². The first kappa shape index (κ1) is 17.6. The van der Waals surface area contributed by atoms with E-state index in [9.17, 15) is 9.59 Å². The number of anilines is 2. The van der Waals surface area contributed by atoms with Crippen LogP contribution in [0, 0.1) is 6.92 Å². The lowest BCUT2D eigenvalue weighted by atomic mass is 10.1. The SMILES string of the molecule is Cc1c(Cl)cccc1NC(=O)C1=NN(c2ccc(Br)cc2)C(=O)CC1. The molecule has 0 bridgehead atoms. The smallest absolute Gasteiger partial charge is 0.271 e. The third-order valence-corrected chi connectivity index (χ3v) is 4.82. The topological polar surface area (TPSA) is 61.8 Å². The zero-order valence-corrected chi connectivity index (χ0v) is 15.8. The molecule has 0 unspecified atom stereocenters. The maximum absolute atomic E-state index is 12.5. The van der Waals surface area contributed by atoms with Crippen molar-refractivity contribution < 1.29 is 9.59 Å². The molecule has 1 N–H and O–H groups in total. The van der Waals surface area contributed by atoms with E-state index in [-0.39, 0.29) is 18.2 Å². The van der Waals surface area contributed by atoms with Crippen LogP contribution in [-0.2, 0) is 9.59 Å². The van der Waals surface area contributed by atoms with Crippen LogP contribution in [-0.4, -0.2) is 17.5 Å². The number of carbonyl (C=O) groups is 2. The Labute approximate surface area is 158 Å². The Morgan fingerprint density at radius 3 is 2.64 bits per heavy atom. The number of nitrogens with zero attached hydrogens (tertiary/aromatic N) is 2. The number of carbonyl (C=O) groups excluding carboxylic acids is 2. The monoisotopic (exact) mass is 419 g/mol. The lowest BCUT2D eigenvalue weighted by Gasteiger charge is -2.23. The number of halogens is 2. The summed E-state index contributed by atoms with van der Waals surface area (Å²) in [6.45, 7) is 1.83. The van der Waals surface area contributed by atoms with Gasteiger partial charge in [-0.3, -0.25) is 9.59 Å². The van der Waals surface area contributed by atoms with Gasteiger partial charge in [0, 0.05) is 28.0 Å². The summed E-state index contributed by atoms with van der Waals surface area (Å²) in [6, 6.07) is 12.5. The lowest BCUT2D eigenvalue weighted by Crippen LogP contribution is -2.36. The number of nitrogens with one attached hydrogen (secondary N) is 1. The minimum Gasteiger partial charge on any atom is -0.321 e. The average Bonchev–Trinajstić information content (AvgIpc) is 2.60. The molecule has 7 heteroatoms. The number of hydrogen-bond acceptors (Lipinski definition) is 3. The second-order valence-electron chi connectivity index (χ2n) is 5.60. The number of hydrazone groups is 1. The van der Waals surface area contributed by atoms with Gasteiger partial charge in [0.25, 0.3) is 5.91 Å². The zero-order valence-electron chi connectivity index (χ0n) is 13.4. The molecule has 0 radical (unpaired) electrons. The van der Waals surface area contributed by atoms with Crippen LogP contribution >= 0.6 is 27.5 Å². The van der Waals surface area contributed by atoms with Gasteiger partial charge in [0.05, 0.1) is 5.69 Å². The molecule has 2 aromatic rings. The fourth-order valence-corrected chi connectivity index (χ4v) is 2.88. The first-order chi connectivity index (χ1) is 12.0. The molecule has 1 aliphatic heterocycles. The van der Waals surface area contributed by atoms with Crippen LogP contribution in [0.2, 0.25) is 5.02 Å². The molecular weight excluding hydrogens is 406 g/mol. The zero-order chi connectivity index (χ0) is 18.0. The minimum absolute atomic E-state index is 0.141. The van der Waals surface area contributed by atoms with Crippen molar-refractivity contribution in [1.29, 1.82) is 0 Å². The first-order valence-corrected chi connectivity index (χ1v) is 8.85. The van der Waals surface area contributed by atoms with Crippen molar-refractivity contribution in [3.8, 4) is 0 Å². The molecule has 0 aromatic heterocycles. The molecule has 0 aliphatic carbocycles. The van der Waals surface area contributed by atoms with Crippen LogP contribution < -0.4 is 10.3 Å². The van der Waals surface area contributed by atoms with Gasteiger partial charge in [-0.25, -0.2) is 5.01 Å². The standard InChI is InChI=1S/C18H15BrClN3O2/c1-11-14(20)3-2-4-15(11)21-18(25)16-9-10-17(24)23(22-16)13-7-5-12(19)6-8-13/h2-8H,9-10H2,1H3,(H,21,25). The number of hydrogen-bond donors (Lipinski definition) is 1. The Bertz CT molecular complexity index is 865. The highest BCUT2D eigenvalue weighted by Crippen LogP contribution is 2.25. The van der Waals surface area contributed by atoms with E-state index >= 15 is 0 Å². The molecule has 0 spiro atoms. The molecule has 2 aromatic carbocycles. The molecule has 0 fully saturated rings. The van der Waals surface area contributed by atoms with Gasteiger partial charge in [-0.15, -0.1) is 0 Å². The van der Waals surface area contributed by atoms with Gasteiger partial charge in [-0.05, 0) is 48.9 Å². The van der Waals surface area contributed by atoms with Crippen molar-refractivity contribution in [2.45, 2.75) is 19.8 Å². The maximum Gasteiger partial charge on any atom is 0.271 e. The van der Waals surface area contributed by atoms with Gasteiger partial charge >= 0.3 is 0 Å². The maximum atomic E-state index is 12.5. The minimum atomic E-state index is -0.333. The fraction of sp³-hybridized carbons (Fsp3) is 0.167. The second kappa shape index (κ2) is 7.37. The molecular formula is C18H15BrClN3O2. The summed E-state index contributed by atoms with van der Waals surface area (Å²) >= 11 is 9.44. The highest BCUT2D eigenvalue weighted by Gasteiger charge is 2.26. The van der Waals surface area contributed by atoms with Crippen LogP contribution in [0.4, 0.5) is 11.4 Å². The predicted octanol–water partition coefficient (Wildman–Crippen LogP) is 4.53. The number of rotatable bonds is 3. The van der Waals surface area contributed by atoms with E-state index < -0.39 is 0 Å². The fourth-order valence-electron chi connectivity index (χ4n) is 2.44. The molecule has 1 aliphatic rings. The van der Waals surface area contributed by atoms with E-state index in [1.165, 1.54) is 5.01 Å². The summed E-state index contributed by atoms with van der Waals surface area (Å²) in [5, 5.41) is 8.92. The Balaban J connectivity index is 1.84. The van der Waals surface area contributed by atoms with Gasteiger partial charge in [0.2, 0.25) is 5.91 Å². The molecule has 2 amide bonds. The molecule has 3 rings (SSSR count). The molecule has 0 saturated carbocycles. The van der Waals surface area contributed by atoms with E-state index in [4.69, 9.17) is 11.6 Å². The van der Waals surface area contributed by atoms with Gasteiger partial charge < -0.3 is 5.32 Å². The third-order valence-electron chi connectivity index (χ3n) is 3.88. The van der Waals surface area contributed by atoms with Crippen molar-refractivity contribution >= 4 is 56.4 Å². The van der Waals surface area contributed by atoms with Crippen molar-refractivity contribution in [2.75, 3.05) is 10.3 Å². The highest BCUT2D eigenvalue weighted by molar-refractivity contribution is 9.10. The van der Waals surface area contributed by atoms with E-state index in [1.54, 1.807) is 30.3 Å². The summed E-state index contributed by atoms with van der Waals surface area (Å²) in [6.07, 6.45) is 0.536. The summed E-state index contributed by atoms with van der Waals surface area (Å²) in [4.78, 5) is 24.7. The number of amides is 2. The largest absolute Gasteiger partial charge is 0.321 e. The van der Waals surface area contributed by atoms with E-state index in [2.05, 4.69) is 26.3 Å². The predicted molar refractivity (Wildman–Crippen MR) is 103 cm³/mol. The average molecular weight is 421 g/mol. The summed E-state index contributed by atoms with van der Waals surface area (Å²) in [7, 11) is 0. The summed E-state index contributed by atoms with van der Waals surface area (Å²) in [5.41, 5.74) is 2.35. The molecule has 0 saturated heterocycles. The van der Waals surface area contributed by atoms with Gasteiger partial charge in [0.15, 0.2) is 0 Å². The van der Waals surface area contributed by atoms with Crippen molar-refractivity contribution in [3.05, 3.63) is 57.5 Å². The van der Waals surface area contributed by atoms with E-state index in [0.29, 0.717) is 28.5 Å². The Morgan fingerprint density at radius 1 is 1.20 bits per heavy atom. The lowest BCUT2D eigenvalue weighted by molar-refractivity contribution is -0.118.